The maximum absolute atomic E-state index is 13.7. The summed E-state index contributed by atoms with van der Waals surface area (Å²) in [5.74, 6) is -1.56. The molecule has 0 radical (unpaired) electrons. The smallest absolute Gasteiger partial charge is 0.159 e. The van der Waals surface area contributed by atoms with Crippen LogP contribution in [0, 0.1) is 11.6 Å². The van der Waals surface area contributed by atoms with Crippen molar-refractivity contribution in [2.75, 3.05) is 34.2 Å². The highest BCUT2D eigenvalue weighted by Crippen LogP contribution is 2.37. The van der Waals surface area contributed by atoms with Crippen LogP contribution in [0.1, 0.15) is 31.2 Å². The minimum absolute atomic E-state index is 0.219. The van der Waals surface area contributed by atoms with Gasteiger partial charge in [0.25, 0.3) is 0 Å². The van der Waals surface area contributed by atoms with Crippen molar-refractivity contribution in [2.24, 2.45) is 0 Å². The first-order valence-corrected chi connectivity index (χ1v) is 8.02. The maximum Gasteiger partial charge on any atom is 0.159 e. The Morgan fingerprint density at radius 3 is 2.64 bits per heavy atom. The molecule has 0 heterocycles. The number of nitrogens with one attached hydrogen (secondary N) is 2. The van der Waals surface area contributed by atoms with Crippen molar-refractivity contribution in [1.82, 2.24) is 15.5 Å². The first-order chi connectivity index (χ1) is 10.5. The van der Waals surface area contributed by atoms with E-state index in [1.54, 1.807) is 6.07 Å². The Balaban J connectivity index is 2.24. The number of likely N-dealkylation sites (N-methyl/N-ethyl adjacent to an activating group) is 2. The van der Waals surface area contributed by atoms with Gasteiger partial charge in [-0.3, -0.25) is 0 Å². The highest BCUT2D eigenvalue weighted by molar-refractivity contribution is 5.29. The topological polar surface area (TPSA) is 27.3 Å². The summed E-state index contributed by atoms with van der Waals surface area (Å²) in [6.45, 7) is 1.83. The zero-order chi connectivity index (χ0) is 16.2. The van der Waals surface area contributed by atoms with Gasteiger partial charge in [0.2, 0.25) is 0 Å². The van der Waals surface area contributed by atoms with Crippen LogP contribution in [0.4, 0.5) is 8.78 Å². The second kappa shape index (κ2) is 7.49. The second-order valence-corrected chi connectivity index (χ2v) is 6.41. The highest BCUT2D eigenvalue weighted by atomic mass is 19.2. The van der Waals surface area contributed by atoms with Gasteiger partial charge in [0, 0.05) is 19.1 Å². The Labute approximate surface area is 132 Å². The van der Waals surface area contributed by atoms with Gasteiger partial charge in [0.05, 0.1) is 5.54 Å². The lowest BCUT2D eigenvalue weighted by Crippen LogP contribution is -2.58. The molecule has 0 saturated heterocycles. The molecule has 124 valence electrons. The van der Waals surface area contributed by atoms with Crippen LogP contribution in [0.5, 0.6) is 0 Å². The largest absolute Gasteiger partial charge is 0.311 e. The summed E-state index contributed by atoms with van der Waals surface area (Å²) in [6.07, 6.45) is 4.21. The molecule has 0 aliphatic heterocycles. The summed E-state index contributed by atoms with van der Waals surface area (Å²) in [5, 5.41) is 7.01. The van der Waals surface area contributed by atoms with E-state index in [9.17, 15) is 8.78 Å². The van der Waals surface area contributed by atoms with Crippen LogP contribution in [0.3, 0.4) is 0 Å². The zero-order valence-electron chi connectivity index (χ0n) is 13.8. The number of hydrogen-bond acceptors (Lipinski definition) is 3. The van der Waals surface area contributed by atoms with Crippen molar-refractivity contribution < 1.29 is 8.78 Å². The van der Waals surface area contributed by atoms with Crippen LogP contribution >= 0.6 is 0 Å². The lowest BCUT2D eigenvalue weighted by Gasteiger charge is -2.45. The number of halogens is 2. The van der Waals surface area contributed by atoms with Crippen LogP contribution in [0.15, 0.2) is 18.2 Å². The molecule has 1 aliphatic carbocycles. The van der Waals surface area contributed by atoms with Gasteiger partial charge in [0.15, 0.2) is 11.6 Å². The molecule has 0 bridgehead atoms. The first kappa shape index (κ1) is 17.3. The zero-order valence-corrected chi connectivity index (χ0v) is 13.8. The minimum atomic E-state index is -0.789. The third kappa shape index (κ3) is 3.65. The van der Waals surface area contributed by atoms with Gasteiger partial charge in [-0.05, 0) is 51.7 Å². The Morgan fingerprint density at radius 2 is 2.00 bits per heavy atom. The Morgan fingerprint density at radius 1 is 1.23 bits per heavy atom. The third-order valence-electron chi connectivity index (χ3n) is 4.74. The molecule has 22 heavy (non-hydrogen) atoms. The van der Waals surface area contributed by atoms with E-state index in [-0.39, 0.29) is 11.6 Å². The minimum Gasteiger partial charge on any atom is -0.311 e. The predicted molar refractivity (Wildman–Crippen MR) is 85.9 cm³/mol. The fourth-order valence-electron chi connectivity index (χ4n) is 3.47. The van der Waals surface area contributed by atoms with E-state index >= 15 is 0 Å². The molecule has 2 N–H and O–H groups in total. The molecule has 3 nitrogen and oxygen atoms in total. The molecule has 2 atom stereocenters. The van der Waals surface area contributed by atoms with E-state index in [2.05, 4.69) is 15.5 Å². The first-order valence-electron chi connectivity index (χ1n) is 8.02. The summed E-state index contributed by atoms with van der Waals surface area (Å²) in [7, 11) is 6.00. The molecule has 1 fully saturated rings. The van der Waals surface area contributed by atoms with Crippen LogP contribution in [0.25, 0.3) is 0 Å². The molecule has 5 heteroatoms. The SMILES string of the molecule is CNC1(c2ccc(F)c(F)c2)CCCCC1NCCN(C)C. The average Bonchev–Trinajstić information content (AvgIpc) is 2.50. The van der Waals surface area contributed by atoms with E-state index in [1.165, 1.54) is 12.1 Å². The quantitative estimate of drug-likeness (QED) is 0.845. The van der Waals surface area contributed by atoms with E-state index in [1.807, 2.05) is 21.1 Å². The third-order valence-corrected chi connectivity index (χ3v) is 4.74. The van der Waals surface area contributed by atoms with Crippen molar-refractivity contribution in [1.29, 1.82) is 0 Å². The van der Waals surface area contributed by atoms with Gasteiger partial charge >= 0.3 is 0 Å². The van der Waals surface area contributed by atoms with Gasteiger partial charge in [0.1, 0.15) is 0 Å². The number of hydrogen-bond donors (Lipinski definition) is 2. The van der Waals surface area contributed by atoms with Crippen LogP contribution in [-0.4, -0.2) is 45.2 Å². The molecule has 0 amide bonds. The average molecular weight is 311 g/mol. The Hall–Kier alpha value is -1.04. The molecule has 2 rings (SSSR count). The van der Waals surface area contributed by atoms with Crippen molar-refractivity contribution >= 4 is 0 Å². The second-order valence-electron chi connectivity index (χ2n) is 6.41. The molecule has 1 saturated carbocycles. The van der Waals surface area contributed by atoms with Crippen molar-refractivity contribution in [3.8, 4) is 0 Å². The summed E-state index contributed by atoms with van der Waals surface area (Å²) in [6, 6.07) is 4.50. The summed E-state index contributed by atoms with van der Waals surface area (Å²) in [5.41, 5.74) is 0.495. The van der Waals surface area contributed by atoms with Gasteiger partial charge in [-0.15, -0.1) is 0 Å². The van der Waals surface area contributed by atoms with Gasteiger partial charge in [-0.2, -0.15) is 0 Å². The lowest BCUT2D eigenvalue weighted by molar-refractivity contribution is 0.174. The molecular formula is C17H27F2N3. The standard InChI is InChI=1S/C17H27F2N3/c1-20-17(13-7-8-14(18)15(19)12-13)9-5-4-6-16(17)21-10-11-22(2)3/h7-8,12,16,20-21H,4-6,9-11H2,1-3H3. The fourth-order valence-corrected chi connectivity index (χ4v) is 3.47. The maximum atomic E-state index is 13.7. The van der Waals surface area contributed by atoms with E-state index in [0.717, 1.165) is 44.3 Å². The molecule has 0 aromatic heterocycles. The van der Waals surface area contributed by atoms with Crippen molar-refractivity contribution in [3.63, 3.8) is 0 Å². The van der Waals surface area contributed by atoms with Crippen molar-refractivity contribution in [2.45, 2.75) is 37.3 Å². The number of rotatable bonds is 6. The highest BCUT2D eigenvalue weighted by Gasteiger charge is 2.41. The predicted octanol–water partition coefficient (Wildman–Crippen LogP) is 2.47. The van der Waals surface area contributed by atoms with Gasteiger partial charge in [-0.1, -0.05) is 18.9 Å². The van der Waals surface area contributed by atoms with E-state index in [0.29, 0.717) is 0 Å². The molecule has 2 unspecified atom stereocenters. The summed E-state index contributed by atoms with van der Waals surface area (Å²) in [4.78, 5) is 2.13. The number of nitrogens with zero attached hydrogens (tertiary/aromatic N) is 1. The van der Waals surface area contributed by atoms with Crippen LogP contribution in [0.2, 0.25) is 0 Å². The fraction of sp³-hybridized carbons (Fsp3) is 0.647. The monoisotopic (exact) mass is 311 g/mol. The van der Waals surface area contributed by atoms with Crippen molar-refractivity contribution in [3.05, 3.63) is 35.4 Å². The van der Waals surface area contributed by atoms with E-state index < -0.39 is 11.6 Å². The normalized spacial score (nSPS) is 25.6. The van der Waals surface area contributed by atoms with Gasteiger partial charge in [-0.25, -0.2) is 8.78 Å². The Kier molecular flexibility index (Phi) is 5.89. The molecular weight excluding hydrogens is 284 g/mol. The summed E-state index contributed by atoms with van der Waals surface area (Å²) >= 11 is 0. The Bertz CT molecular complexity index is 493. The molecule has 1 aromatic rings. The summed E-state index contributed by atoms with van der Waals surface area (Å²) < 4.78 is 27.0. The van der Waals surface area contributed by atoms with Gasteiger partial charge < -0.3 is 15.5 Å². The lowest BCUT2D eigenvalue weighted by atomic mass is 9.72. The van der Waals surface area contributed by atoms with Crippen LogP contribution in [-0.2, 0) is 5.54 Å². The molecule has 0 spiro atoms. The van der Waals surface area contributed by atoms with Crippen LogP contribution < -0.4 is 10.6 Å². The number of benzene rings is 1. The molecule has 1 aromatic carbocycles. The molecule has 1 aliphatic rings. The van der Waals surface area contributed by atoms with E-state index in [4.69, 9.17) is 0 Å².